The van der Waals surface area contributed by atoms with Gasteiger partial charge >= 0.3 is 0 Å². The molecule has 4 nitrogen and oxygen atoms in total. The Kier molecular flexibility index (Phi) is 3.69. The molecule has 76 valence electrons. The molecule has 1 aliphatic heterocycles. The third-order valence-electron chi connectivity index (χ3n) is 2.37. The summed E-state index contributed by atoms with van der Waals surface area (Å²) in [7, 11) is 0. The van der Waals surface area contributed by atoms with Gasteiger partial charge in [0, 0.05) is 19.6 Å². The Morgan fingerprint density at radius 1 is 1.69 bits per heavy atom. The second-order valence-electron chi connectivity index (χ2n) is 3.57. The van der Waals surface area contributed by atoms with Crippen molar-refractivity contribution < 1.29 is 9.90 Å². The first-order valence-electron chi connectivity index (χ1n) is 4.85. The van der Waals surface area contributed by atoms with Crippen LogP contribution < -0.4 is 5.32 Å². The summed E-state index contributed by atoms with van der Waals surface area (Å²) in [5.41, 5.74) is 0. The molecular weight excluding hydrogens is 168 g/mol. The van der Waals surface area contributed by atoms with Crippen LogP contribution in [0.15, 0.2) is 0 Å². The van der Waals surface area contributed by atoms with Crippen molar-refractivity contribution in [2.45, 2.75) is 32.4 Å². The highest BCUT2D eigenvalue weighted by atomic mass is 16.3. The Hall–Kier alpha value is -0.610. The van der Waals surface area contributed by atoms with Crippen molar-refractivity contribution in [1.82, 2.24) is 10.2 Å². The molecule has 1 amide bonds. The van der Waals surface area contributed by atoms with E-state index in [0.717, 1.165) is 13.0 Å². The Labute approximate surface area is 78.9 Å². The first kappa shape index (κ1) is 10.5. The standard InChI is InChI=1S/C9H18N2O2/c1-3-4-10-9(13)7(2)11-5-8(12)6-11/h7-8,12H,3-6H2,1-2H3,(H,10,13). The average Bonchev–Trinajstić information content (AvgIpc) is 2.07. The molecule has 4 heteroatoms. The molecule has 1 heterocycles. The summed E-state index contributed by atoms with van der Waals surface area (Å²) in [5, 5.41) is 11.9. The molecule has 1 aliphatic rings. The van der Waals surface area contributed by atoms with Crippen LogP contribution in [0.3, 0.4) is 0 Å². The lowest BCUT2D eigenvalue weighted by Crippen LogP contribution is -2.58. The molecule has 1 unspecified atom stereocenters. The van der Waals surface area contributed by atoms with E-state index in [1.54, 1.807) is 0 Å². The van der Waals surface area contributed by atoms with Gasteiger partial charge in [0.1, 0.15) is 0 Å². The number of hydrogen-bond donors (Lipinski definition) is 2. The predicted octanol–water partition coefficient (Wildman–Crippen LogP) is -0.422. The summed E-state index contributed by atoms with van der Waals surface area (Å²) < 4.78 is 0. The summed E-state index contributed by atoms with van der Waals surface area (Å²) in [4.78, 5) is 13.4. The van der Waals surface area contributed by atoms with Gasteiger partial charge in [-0.15, -0.1) is 0 Å². The van der Waals surface area contributed by atoms with E-state index in [4.69, 9.17) is 5.11 Å². The minimum Gasteiger partial charge on any atom is -0.390 e. The third kappa shape index (κ3) is 2.67. The summed E-state index contributed by atoms with van der Waals surface area (Å²) in [6, 6.07) is -0.102. The van der Waals surface area contributed by atoms with Crippen molar-refractivity contribution in [1.29, 1.82) is 0 Å². The fraction of sp³-hybridized carbons (Fsp3) is 0.889. The van der Waals surface area contributed by atoms with Gasteiger partial charge in [-0.3, -0.25) is 9.69 Å². The van der Waals surface area contributed by atoms with Gasteiger partial charge in [-0.2, -0.15) is 0 Å². The number of likely N-dealkylation sites (tertiary alicyclic amines) is 1. The van der Waals surface area contributed by atoms with Crippen LogP contribution in [0.25, 0.3) is 0 Å². The number of hydrogen-bond acceptors (Lipinski definition) is 3. The molecule has 0 aliphatic carbocycles. The van der Waals surface area contributed by atoms with E-state index in [1.807, 2.05) is 18.7 Å². The zero-order valence-electron chi connectivity index (χ0n) is 8.29. The van der Waals surface area contributed by atoms with Gasteiger partial charge < -0.3 is 10.4 Å². The first-order valence-corrected chi connectivity index (χ1v) is 4.85. The topological polar surface area (TPSA) is 52.6 Å². The van der Waals surface area contributed by atoms with Crippen molar-refractivity contribution in [3.8, 4) is 0 Å². The van der Waals surface area contributed by atoms with E-state index in [-0.39, 0.29) is 18.1 Å². The molecule has 1 fully saturated rings. The summed E-state index contributed by atoms with van der Waals surface area (Å²) in [6.07, 6.45) is 0.725. The normalized spacial score (nSPS) is 20.8. The number of carbonyl (C=O) groups excluding carboxylic acids is 1. The van der Waals surface area contributed by atoms with Crippen LogP contribution in [-0.4, -0.2) is 47.7 Å². The Balaban J connectivity index is 2.22. The largest absolute Gasteiger partial charge is 0.390 e. The fourth-order valence-electron chi connectivity index (χ4n) is 1.37. The monoisotopic (exact) mass is 186 g/mol. The van der Waals surface area contributed by atoms with E-state index >= 15 is 0 Å². The van der Waals surface area contributed by atoms with Crippen LogP contribution in [-0.2, 0) is 4.79 Å². The van der Waals surface area contributed by atoms with E-state index < -0.39 is 0 Å². The van der Waals surface area contributed by atoms with E-state index in [1.165, 1.54) is 0 Å². The van der Waals surface area contributed by atoms with Crippen molar-refractivity contribution in [3.63, 3.8) is 0 Å². The lowest BCUT2D eigenvalue weighted by molar-refractivity contribution is -0.130. The van der Waals surface area contributed by atoms with Gasteiger partial charge in [0.2, 0.25) is 5.91 Å². The lowest BCUT2D eigenvalue weighted by atomic mass is 10.1. The van der Waals surface area contributed by atoms with Crippen LogP contribution in [0.1, 0.15) is 20.3 Å². The van der Waals surface area contributed by atoms with Gasteiger partial charge in [0.05, 0.1) is 12.1 Å². The quantitative estimate of drug-likeness (QED) is 0.627. The van der Waals surface area contributed by atoms with Gasteiger partial charge in [0.25, 0.3) is 0 Å². The van der Waals surface area contributed by atoms with Crippen LogP contribution in [0.2, 0.25) is 0 Å². The Bertz CT molecular complexity index is 178. The van der Waals surface area contributed by atoms with Crippen molar-refractivity contribution >= 4 is 5.91 Å². The maximum absolute atomic E-state index is 11.4. The molecule has 0 radical (unpaired) electrons. The number of rotatable bonds is 4. The lowest BCUT2D eigenvalue weighted by Gasteiger charge is -2.39. The third-order valence-corrected chi connectivity index (χ3v) is 2.37. The maximum atomic E-state index is 11.4. The second kappa shape index (κ2) is 4.58. The van der Waals surface area contributed by atoms with Gasteiger partial charge in [-0.05, 0) is 13.3 Å². The number of amides is 1. The molecular formula is C9H18N2O2. The van der Waals surface area contributed by atoms with Crippen molar-refractivity contribution in [3.05, 3.63) is 0 Å². The Morgan fingerprint density at radius 3 is 2.77 bits per heavy atom. The predicted molar refractivity (Wildman–Crippen MR) is 50.3 cm³/mol. The SMILES string of the molecule is CCCNC(=O)C(C)N1CC(O)C1. The minimum atomic E-state index is -0.235. The highest BCUT2D eigenvalue weighted by Crippen LogP contribution is 2.11. The average molecular weight is 186 g/mol. The molecule has 0 spiro atoms. The molecule has 0 aromatic heterocycles. The number of carbonyl (C=O) groups is 1. The smallest absolute Gasteiger partial charge is 0.237 e. The Morgan fingerprint density at radius 2 is 2.31 bits per heavy atom. The number of β-amino-alcohol motifs (C(OH)–C–C–N with tert-alkyl or cyclic N) is 1. The maximum Gasteiger partial charge on any atom is 0.237 e. The molecule has 2 N–H and O–H groups in total. The molecule has 0 saturated carbocycles. The number of aliphatic hydroxyl groups is 1. The van der Waals surface area contributed by atoms with Gasteiger partial charge in [-0.25, -0.2) is 0 Å². The zero-order chi connectivity index (χ0) is 9.84. The van der Waals surface area contributed by atoms with E-state index in [2.05, 4.69) is 5.32 Å². The van der Waals surface area contributed by atoms with Crippen molar-refractivity contribution in [2.75, 3.05) is 19.6 Å². The molecule has 0 aromatic carbocycles. The minimum absolute atomic E-state index is 0.0637. The molecule has 1 saturated heterocycles. The number of nitrogens with one attached hydrogen (secondary N) is 1. The fourth-order valence-corrected chi connectivity index (χ4v) is 1.37. The van der Waals surface area contributed by atoms with Crippen LogP contribution in [0, 0.1) is 0 Å². The summed E-state index contributed by atoms with van der Waals surface area (Å²) >= 11 is 0. The van der Waals surface area contributed by atoms with Gasteiger partial charge in [0.15, 0.2) is 0 Å². The van der Waals surface area contributed by atoms with Crippen LogP contribution in [0.4, 0.5) is 0 Å². The zero-order valence-corrected chi connectivity index (χ0v) is 8.29. The first-order chi connectivity index (χ1) is 6.15. The van der Waals surface area contributed by atoms with Crippen LogP contribution in [0.5, 0.6) is 0 Å². The van der Waals surface area contributed by atoms with E-state index in [0.29, 0.717) is 13.1 Å². The van der Waals surface area contributed by atoms with Crippen molar-refractivity contribution in [2.24, 2.45) is 0 Å². The molecule has 0 bridgehead atoms. The number of nitrogens with zero attached hydrogens (tertiary/aromatic N) is 1. The number of aliphatic hydroxyl groups excluding tert-OH is 1. The van der Waals surface area contributed by atoms with E-state index in [9.17, 15) is 4.79 Å². The summed E-state index contributed by atoms with van der Waals surface area (Å²) in [5.74, 6) is 0.0637. The molecule has 1 atom stereocenters. The summed E-state index contributed by atoms with van der Waals surface area (Å²) in [6.45, 7) is 5.89. The van der Waals surface area contributed by atoms with Gasteiger partial charge in [-0.1, -0.05) is 6.92 Å². The highest BCUT2D eigenvalue weighted by Gasteiger charge is 2.31. The second-order valence-corrected chi connectivity index (χ2v) is 3.57. The molecule has 0 aromatic rings. The molecule has 13 heavy (non-hydrogen) atoms. The highest BCUT2D eigenvalue weighted by molar-refractivity contribution is 5.81. The van der Waals surface area contributed by atoms with Crippen LogP contribution >= 0.6 is 0 Å². The molecule has 1 rings (SSSR count).